The van der Waals surface area contributed by atoms with Crippen molar-refractivity contribution in [3.05, 3.63) is 12.2 Å². The van der Waals surface area contributed by atoms with Gasteiger partial charge in [0, 0.05) is 6.54 Å². The molecule has 0 aromatic carbocycles. The van der Waals surface area contributed by atoms with Crippen molar-refractivity contribution in [2.24, 2.45) is 11.8 Å². The average Bonchev–Trinajstić information content (AvgIpc) is 2.29. The predicted molar refractivity (Wildman–Crippen MR) is 71.8 cm³/mol. The number of likely N-dealkylation sites (tertiary alicyclic amines) is 1. The monoisotopic (exact) mass is 238 g/mol. The number of nitrogens with zero attached hydrogens (tertiary/aromatic N) is 1. The minimum Gasteiger partial charge on any atom is -0.353 e. The largest absolute Gasteiger partial charge is 0.353 e. The SMILES string of the molecule is CC(C)/C=C/C(=O)NCCC1CCN(C)CC1. The summed E-state index contributed by atoms with van der Waals surface area (Å²) >= 11 is 0. The molecule has 1 N–H and O–H groups in total. The van der Waals surface area contributed by atoms with Gasteiger partial charge in [-0.25, -0.2) is 0 Å². The van der Waals surface area contributed by atoms with Gasteiger partial charge in [-0.2, -0.15) is 0 Å². The number of hydrogen-bond donors (Lipinski definition) is 1. The standard InChI is InChI=1S/C14H26N2O/c1-12(2)4-5-14(17)15-9-6-13-7-10-16(3)11-8-13/h4-5,12-13H,6-11H2,1-3H3,(H,15,17)/b5-4+. The Morgan fingerprint density at radius 2 is 2.06 bits per heavy atom. The van der Waals surface area contributed by atoms with Crippen LogP contribution < -0.4 is 5.32 Å². The zero-order valence-electron chi connectivity index (χ0n) is 11.4. The van der Waals surface area contributed by atoms with E-state index in [1.54, 1.807) is 6.08 Å². The zero-order chi connectivity index (χ0) is 12.7. The molecule has 0 bridgehead atoms. The van der Waals surface area contributed by atoms with Gasteiger partial charge in [0.25, 0.3) is 0 Å². The Morgan fingerprint density at radius 3 is 2.65 bits per heavy atom. The first-order valence-electron chi connectivity index (χ1n) is 6.72. The molecular formula is C14H26N2O. The molecule has 1 fully saturated rings. The van der Waals surface area contributed by atoms with E-state index in [0.29, 0.717) is 5.92 Å². The van der Waals surface area contributed by atoms with Gasteiger partial charge in [0.2, 0.25) is 5.91 Å². The Bertz CT molecular complexity index is 253. The van der Waals surface area contributed by atoms with Crippen LogP contribution in [-0.4, -0.2) is 37.5 Å². The summed E-state index contributed by atoms with van der Waals surface area (Å²) in [6.45, 7) is 7.36. The van der Waals surface area contributed by atoms with Crippen LogP contribution in [0.5, 0.6) is 0 Å². The van der Waals surface area contributed by atoms with E-state index in [2.05, 4.69) is 31.1 Å². The van der Waals surface area contributed by atoms with E-state index in [1.807, 2.05) is 6.08 Å². The summed E-state index contributed by atoms with van der Waals surface area (Å²) in [5.74, 6) is 1.28. The molecule has 0 aromatic rings. The van der Waals surface area contributed by atoms with Crippen LogP contribution in [0.2, 0.25) is 0 Å². The van der Waals surface area contributed by atoms with Crippen molar-refractivity contribution in [2.75, 3.05) is 26.7 Å². The Labute approximate surface area is 105 Å². The van der Waals surface area contributed by atoms with E-state index in [0.717, 1.165) is 18.9 Å². The van der Waals surface area contributed by atoms with E-state index in [4.69, 9.17) is 0 Å². The Hall–Kier alpha value is -0.830. The normalized spacial score (nSPS) is 19.1. The second kappa shape index (κ2) is 7.49. The van der Waals surface area contributed by atoms with E-state index >= 15 is 0 Å². The topological polar surface area (TPSA) is 32.3 Å². The molecule has 3 heteroatoms. The molecule has 98 valence electrons. The lowest BCUT2D eigenvalue weighted by atomic mass is 9.94. The molecule has 0 aliphatic carbocycles. The van der Waals surface area contributed by atoms with Gasteiger partial charge in [-0.05, 0) is 57.3 Å². The molecule has 0 radical (unpaired) electrons. The molecule has 1 rings (SSSR count). The Kier molecular flexibility index (Phi) is 6.27. The molecule has 1 aliphatic heterocycles. The molecule has 0 aromatic heterocycles. The van der Waals surface area contributed by atoms with Gasteiger partial charge in [0.1, 0.15) is 0 Å². The number of rotatable bonds is 5. The quantitative estimate of drug-likeness (QED) is 0.743. The molecule has 17 heavy (non-hydrogen) atoms. The van der Waals surface area contributed by atoms with Gasteiger partial charge >= 0.3 is 0 Å². The maximum Gasteiger partial charge on any atom is 0.243 e. The third-order valence-electron chi connectivity index (χ3n) is 3.32. The zero-order valence-corrected chi connectivity index (χ0v) is 11.4. The lowest BCUT2D eigenvalue weighted by Crippen LogP contribution is -2.32. The van der Waals surface area contributed by atoms with Crippen LogP contribution in [0.15, 0.2) is 12.2 Å². The molecule has 0 atom stereocenters. The summed E-state index contributed by atoms with van der Waals surface area (Å²) < 4.78 is 0. The summed E-state index contributed by atoms with van der Waals surface area (Å²) in [7, 11) is 2.18. The molecule has 3 nitrogen and oxygen atoms in total. The van der Waals surface area contributed by atoms with Crippen LogP contribution in [0.3, 0.4) is 0 Å². The highest BCUT2D eigenvalue weighted by molar-refractivity contribution is 5.87. The summed E-state index contributed by atoms with van der Waals surface area (Å²) in [5.41, 5.74) is 0. The summed E-state index contributed by atoms with van der Waals surface area (Å²) in [5, 5.41) is 2.96. The van der Waals surface area contributed by atoms with Crippen molar-refractivity contribution < 1.29 is 4.79 Å². The Morgan fingerprint density at radius 1 is 1.41 bits per heavy atom. The summed E-state index contributed by atoms with van der Waals surface area (Å²) in [6, 6.07) is 0. The van der Waals surface area contributed by atoms with Gasteiger partial charge in [-0.15, -0.1) is 0 Å². The maximum absolute atomic E-state index is 11.4. The van der Waals surface area contributed by atoms with Crippen LogP contribution in [0, 0.1) is 11.8 Å². The minimum absolute atomic E-state index is 0.0478. The van der Waals surface area contributed by atoms with Crippen molar-refractivity contribution in [2.45, 2.75) is 33.1 Å². The smallest absolute Gasteiger partial charge is 0.243 e. The molecular weight excluding hydrogens is 212 g/mol. The third-order valence-corrected chi connectivity index (χ3v) is 3.32. The van der Waals surface area contributed by atoms with E-state index in [-0.39, 0.29) is 5.91 Å². The fraction of sp³-hybridized carbons (Fsp3) is 0.786. The maximum atomic E-state index is 11.4. The second-order valence-electron chi connectivity index (χ2n) is 5.43. The number of carbonyl (C=O) groups is 1. The van der Waals surface area contributed by atoms with Gasteiger partial charge in [0.15, 0.2) is 0 Å². The third kappa shape index (κ3) is 6.47. The van der Waals surface area contributed by atoms with Crippen molar-refractivity contribution in [1.29, 1.82) is 0 Å². The molecule has 0 saturated carbocycles. The van der Waals surface area contributed by atoms with Gasteiger partial charge < -0.3 is 10.2 Å². The van der Waals surface area contributed by atoms with Crippen LogP contribution in [0.25, 0.3) is 0 Å². The first-order chi connectivity index (χ1) is 8.08. The van der Waals surface area contributed by atoms with Crippen molar-refractivity contribution in [3.8, 4) is 0 Å². The highest BCUT2D eigenvalue weighted by Gasteiger charge is 2.15. The van der Waals surface area contributed by atoms with Gasteiger partial charge in [0.05, 0.1) is 0 Å². The highest BCUT2D eigenvalue weighted by Crippen LogP contribution is 2.18. The van der Waals surface area contributed by atoms with E-state index in [1.165, 1.54) is 25.9 Å². The van der Waals surface area contributed by atoms with Crippen LogP contribution in [0.4, 0.5) is 0 Å². The molecule has 1 heterocycles. The minimum atomic E-state index is 0.0478. The molecule has 1 saturated heterocycles. The molecule has 1 amide bonds. The van der Waals surface area contributed by atoms with Crippen molar-refractivity contribution in [3.63, 3.8) is 0 Å². The van der Waals surface area contributed by atoms with Gasteiger partial charge in [-0.1, -0.05) is 19.9 Å². The fourth-order valence-electron chi connectivity index (χ4n) is 2.09. The first-order valence-corrected chi connectivity index (χ1v) is 6.72. The summed E-state index contributed by atoms with van der Waals surface area (Å²) in [6.07, 6.45) is 7.25. The number of allylic oxidation sites excluding steroid dienone is 1. The van der Waals surface area contributed by atoms with Crippen molar-refractivity contribution in [1.82, 2.24) is 10.2 Å². The number of hydrogen-bond acceptors (Lipinski definition) is 2. The highest BCUT2D eigenvalue weighted by atomic mass is 16.1. The van der Waals surface area contributed by atoms with E-state index in [9.17, 15) is 4.79 Å². The number of nitrogens with one attached hydrogen (secondary N) is 1. The lowest BCUT2D eigenvalue weighted by molar-refractivity contribution is -0.116. The molecule has 0 spiro atoms. The van der Waals surface area contributed by atoms with Crippen molar-refractivity contribution >= 4 is 5.91 Å². The fourth-order valence-corrected chi connectivity index (χ4v) is 2.09. The predicted octanol–water partition coefficient (Wildman–Crippen LogP) is 2.05. The average molecular weight is 238 g/mol. The lowest BCUT2D eigenvalue weighted by Gasteiger charge is -2.28. The second-order valence-corrected chi connectivity index (χ2v) is 5.43. The van der Waals surface area contributed by atoms with Crippen LogP contribution in [-0.2, 0) is 4.79 Å². The van der Waals surface area contributed by atoms with Crippen LogP contribution >= 0.6 is 0 Å². The molecule has 0 unspecified atom stereocenters. The van der Waals surface area contributed by atoms with Crippen LogP contribution in [0.1, 0.15) is 33.1 Å². The van der Waals surface area contributed by atoms with E-state index < -0.39 is 0 Å². The first kappa shape index (κ1) is 14.2. The number of carbonyl (C=O) groups excluding carboxylic acids is 1. The number of piperidine rings is 1. The Balaban J connectivity index is 2.09. The van der Waals surface area contributed by atoms with Gasteiger partial charge in [-0.3, -0.25) is 4.79 Å². The summed E-state index contributed by atoms with van der Waals surface area (Å²) in [4.78, 5) is 13.8. The molecule has 1 aliphatic rings. The number of amides is 1.